The number of nitrogens with zero attached hydrogens (tertiary/aromatic N) is 1. The molecule has 1 aliphatic rings. The van der Waals surface area contributed by atoms with Crippen molar-refractivity contribution in [3.63, 3.8) is 0 Å². The minimum atomic E-state index is -0.397. The SMILES string of the molecule is COc1ccc(C2CC(=O)Nc3nc(SCc4ccccc4F)[nH]c(=O)c32)cc1. The number of ether oxygens (including phenoxy) is 1. The number of halogens is 1. The van der Waals surface area contributed by atoms with Gasteiger partial charge in [0.15, 0.2) is 5.16 Å². The molecule has 148 valence electrons. The molecule has 0 aliphatic carbocycles. The van der Waals surface area contributed by atoms with E-state index in [1.54, 1.807) is 37.4 Å². The van der Waals surface area contributed by atoms with Crippen molar-refractivity contribution in [1.82, 2.24) is 9.97 Å². The van der Waals surface area contributed by atoms with E-state index in [0.717, 1.165) is 5.56 Å². The highest BCUT2D eigenvalue weighted by Crippen LogP contribution is 2.35. The Morgan fingerprint density at radius 3 is 2.66 bits per heavy atom. The lowest BCUT2D eigenvalue weighted by atomic mass is 9.87. The molecule has 0 bridgehead atoms. The lowest BCUT2D eigenvalue weighted by Crippen LogP contribution is -2.31. The highest BCUT2D eigenvalue weighted by Gasteiger charge is 2.31. The van der Waals surface area contributed by atoms with E-state index in [4.69, 9.17) is 4.74 Å². The van der Waals surface area contributed by atoms with Crippen LogP contribution in [0.2, 0.25) is 0 Å². The Morgan fingerprint density at radius 1 is 1.17 bits per heavy atom. The monoisotopic (exact) mass is 411 g/mol. The first kappa shape index (κ1) is 19.2. The third kappa shape index (κ3) is 4.02. The number of H-pyrrole nitrogens is 1. The van der Waals surface area contributed by atoms with Gasteiger partial charge in [-0.3, -0.25) is 9.59 Å². The number of carbonyl (C=O) groups is 1. The van der Waals surface area contributed by atoms with E-state index in [1.165, 1.54) is 17.8 Å². The summed E-state index contributed by atoms with van der Waals surface area (Å²) in [5.41, 5.74) is 1.45. The number of aromatic nitrogens is 2. The van der Waals surface area contributed by atoms with Crippen molar-refractivity contribution in [3.8, 4) is 5.75 Å². The van der Waals surface area contributed by atoms with Crippen LogP contribution in [0.1, 0.15) is 29.0 Å². The zero-order chi connectivity index (χ0) is 20.4. The number of hydrogen-bond acceptors (Lipinski definition) is 5. The third-order valence-corrected chi connectivity index (χ3v) is 5.69. The molecule has 3 aromatic rings. The number of methoxy groups -OCH3 is 1. The number of carbonyl (C=O) groups excluding carboxylic acids is 1. The minimum Gasteiger partial charge on any atom is -0.497 e. The van der Waals surface area contributed by atoms with E-state index < -0.39 is 5.92 Å². The van der Waals surface area contributed by atoms with Crippen molar-refractivity contribution in [1.29, 1.82) is 0 Å². The molecule has 1 atom stereocenters. The summed E-state index contributed by atoms with van der Waals surface area (Å²) in [7, 11) is 1.58. The van der Waals surface area contributed by atoms with Gasteiger partial charge >= 0.3 is 0 Å². The van der Waals surface area contributed by atoms with Gasteiger partial charge in [-0.25, -0.2) is 9.37 Å². The van der Waals surface area contributed by atoms with Gasteiger partial charge in [0, 0.05) is 18.1 Å². The number of benzene rings is 2. The van der Waals surface area contributed by atoms with E-state index in [9.17, 15) is 14.0 Å². The van der Waals surface area contributed by atoms with Crippen molar-refractivity contribution >= 4 is 23.5 Å². The number of nitrogens with one attached hydrogen (secondary N) is 2. The summed E-state index contributed by atoms with van der Waals surface area (Å²) in [6.07, 6.45) is 0.159. The molecule has 0 radical (unpaired) electrons. The Labute approximate surface area is 170 Å². The second-order valence-electron chi connectivity index (χ2n) is 6.59. The standard InChI is InChI=1S/C21H18FN3O3S/c1-28-14-8-6-12(7-9-14)15-10-17(26)23-19-18(15)20(27)25-21(24-19)29-11-13-4-2-3-5-16(13)22/h2-9,15H,10-11H2,1H3,(H2,23,24,25,26,27). The number of hydrogen-bond donors (Lipinski definition) is 2. The van der Waals surface area contributed by atoms with Gasteiger partial charge in [0.2, 0.25) is 5.91 Å². The number of amides is 1. The van der Waals surface area contributed by atoms with Gasteiger partial charge in [0.25, 0.3) is 5.56 Å². The zero-order valence-electron chi connectivity index (χ0n) is 15.6. The molecule has 4 rings (SSSR count). The Hall–Kier alpha value is -3.13. The van der Waals surface area contributed by atoms with Crippen LogP contribution in [0.25, 0.3) is 0 Å². The van der Waals surface area contributed by atoms with E-state index in [2.05, 4.69) is 15.3 Å². The van der Waals surface area contributed by atoms with Crippen LogP contribution in [0.15, 0.2) is 58.5 Å². The summed E-state index contributed by atoms with van der Waals surface area (Å²) in [5.74, 6) is 0.341. The number of rotatable bonds is 5. The van der Waals surface area contributed by atoms with Crippen molar-refractivity contribution in [2.45, 2.75) is 23.2 Å². The molecule has 1 aliphatic heterocycles. The van der Waals surface area contributed by atoms with E-state index >= 15 is 0 Å². The number of thioether (sulfide) groups is 1. The van der Waals surface area contributed by atoms with Crippen LogP contribution in [0.3, 0.4) is 0 Å². The topological polar surface area (TPSA) is 84.1 Å². The third-order valence-electron chi connectivity index (χ3n) is 4.77. The van der Waals surface area contributed by atoms with Crippen molar-refractivity contribution in [3.05, 3.63) is 81.4 Å². The molecule has 0 fully saturated rings. The predicted octanol–water partition coefficient (Wildman–Crippen LogP) is 3.68. The Morgan fingerprint density at radius 2 is 1.93 bits per heavy atom. The van der Waals surface area contributed by atoms with Crippen LogP contribution < -0.4 is 15.6 Å². The highest BCUT2D eigenvalue weighted by molar-refractivity contribution is 7.98. The largest absolute Gasteiger partial charge is 0.497 e. The lowest BCUT2D eigenvalue weighted by Gasteiger charge is -2.24. The van der Waals surface area contributed by atoms with Gasteiger partial charge in [-0.05, 0) is 29.3 Å². The maximum absolute atomic E-state index is 13.8. The van der Waals surface area contributed by atoms with Gasteiger partial charge in [-0.15, -0.1) is 0 Å². The van der Waals surface area contributed by atoms with Crippen LogP contribution in [0, 0.1) is 5.82 Å². The summed E-state index contributed by atoms with van der Waals surface area (Å²) in [6.45, 7) is 0. The second kappa shape index (κ2) is 8.08. The molecule has 1 aromatic heterocycles. The maximum atomic E-state index is 13.8. The van der Waals surface area contributed by atoms with Crippen LogP contribution >= 0.6 is 11.8 Å². The van der Waals surface area contributed by atoms with Gasteiger partial charge in [-0.1, -0.05) is 42.1 Å². The number of fused-ring (bicyclic) bond motifs is 1. The van der Waals surface area contributed by atoms with E-state index in [0.29, 0.717) is 27.8 Å². The van der Waals surface area contributed by atoms with Gasteiger partial charge in [-0.2, -0.15) is 0 Å². The molecule has 29 heavy (non-hydrogen) atoms. The molecule has 6 nitrogen and oxygen atoms in total. The minimum absolute atomic E-state index is 0.159. The fraction of sp³-hybridized carbons (Fsp3) is 0.190. The molecular formula is C21H18FN3O3S. The van der Waals surface area contributed by atoms with Gasteiger partial charge < -0.3 is 15.0 Å². The Kier molecular flexibility index (Phi) is 5.35. The molecule has 2 aromatic carbocycles. The summed E-state index contributed by atoms with van der Waals surface area (Å²) in [6, 6.07) is 13.7. The first-order valence-corrected chi connectivity index (χ1v) is 9.98. The summed E-state index contributed by atoms with van der Waals surface area (Å²) >= 11 is 1.20. The van der Waals surface area contributed by atoms with E-state index in [1.807, 2.05) is 12.1 Å². The van der Waals surface area contributed by atoms with Crippen LogP contribution in [-0.4, -0.2) is 23.0 Å². The number of aromatic amines is 1. The van der Waals surface area contributed by atoms with Crippen molar-refractivity contribution < 1.29 is 13.9 Å². The smallest absolute Gasteiger partial charge is 0.257 e. The fourth-order valence-corrected chi connectivity index (χ4v) is 4.15. The van der Waals surface area contributed by atoms with Crippen molar-refractivity contribution in [2.75, 3.05) is 12.4 Å². The Bertz CT molecular complexity index is 1110. The first-order chi connectivity index (χ1) is 14.0. The van der Waals surface area contributed by atoms with E-state index in [-0.39, 0.29) is 29.5 Å². The highest BCUT2D eigenvalue weighted by atomic mass is 32.2. The molecule has 2 N–H and O–H groups in total. The lowest BCUT2D eigenvalue weighted by molar-refractivity contribution is -0.116. The van der Waals surface area contributed by atoms with Crippen LogP contribution in [0.4, 0.5) is 10.2 Å². The Balaban J connectivity index is 1.64. The summed E-state index contributed by atoms with van der Waals surface area (Å²) < 4.78 is 19.0. The van der Waals surface area contributed by atoms with Crippen LogP contribution in [-0.2, 0) is 10.5 Å². The molecule has 0 spiro atoms. The maximum Gasteiger partial charge on any atom is 0.257 e. The fourth-order valence-electron chi connectivity index (χ4n) is 3.30. The van der Waals surface area contributed by atoms with Crippen molar-refractivity contribution in [2.24, 2.45) is 0 Å². The second-order valence-corrected chi connectivity index (χ2v) is 7.56. The summed E-state index contributed by atoms with van der Waals surface area (Å²) in [4.78, 5) is 32.2. The molecule has 2 heterocycles. The normalized spacial score (nSPS) is 15.5. The average Bonchev–Trinajstić information content (AvgIpc) is 2.72. The average molecular weight is 411 g/mol. The molecule has 8 heteroatoms. The molecule has 1 unspecified atom stereocenters. The first-order valence-electron chi connectivity index (χ1n) is 8.99. The quantitative estimate of drug-likeness (QED) is 0.494. The van der Waals surface area contributed by atoms with Crippen LogP contribution in [0.5, 0.6) is 5.75 Å². The summed E-state index contributed by atoms with van der Waals surface area (Å²) in [5, 5.41) is 3.02. The zero-order valence-corrected chi connectivity index (χ0v) is 16.4. The van der Waals surface area contributed by atoms with Gasteiger partial charge in [0.1, 0.15) is 17.4 Å². The number of anilines is 1. The van der Waals surface area contributed by atoms with Gasteiger partial charge in [0.05, 0.1) is 12.7 Å². The predicted molar refractivity (Wildman–Crippen MR) is 109 cm³/mol. The molecule has 0 saturated carbocycles. The molecular weight excluding hydrogens is 393 g/mol. The molecule has 1 amide bonds. The molecule has 0 saturated heterocycles.